The Morgan fingerprint density at radius 1 is 1.56 bits per heavy atom. The van der Waals surface area contributed by atoms with Crippen molar-refractivity contribution in [3.8, 4) is 0 Å². The Morgan fingerprint density at radius 3 is 2.78 bits per heavy atom. The van der Waals surface area contributed by atoms with Crippen molar-refractivity contribution in [2.45, 2.75) is 13.8 Å². The van der Waals surface area contributed by atoms with Crippen LogP contribution in [0.1, 0.15) is 18.3 Å². The van der Waals surface area contributed by atoms with Crippen LogP contribution in [0.5, 0.6) is 0 Å². The lowest BCUT2D eigenvalue weighted by molar-refractivity contribution is -0.114. The average Bonchev–Trinajstić information content (AvgIpc) is 2.55. The van der Waals surface area contributed by atoms with Gasteiger partial charge in [0.1, 0.15) is 9.83 Å². The topological polar surface area (TPSA) is 101 Å². The van der Waals surface area contributed by atoms with Crippen LogP contribution in [0.25, 0.3) is 15.9 Å². The van der Waals surface area contributed by atoms with Gasteiger partial charge in [0.25, 0.3) is 5.56 Å². The molecule has 0 saturated heterocycles. The number of nitrogens with zero attached hydrogens (tertiary/aromatic N) is 1. The van der Waals surface area contributed by atoms with E-state index in [9.17, 15) is 9.59 Å². The molecule has 7 heteroatoms. The first-order valence-corrected chi connectivity index (χ1v) is 5.97. The number of amides is 1. The highest BCUT2D eigenvalue weighted by molar-refractivity contribution is 7.22. The molecule has 6 nitrogen and oxygen atoms in total. The minimum Gasteiger partial charge on any atom is -0.396 e. The Kier molecular flexibility index (Phi) is 2.92. The highest BCUT2D eigenvalue weighted by Gasteiger charge is 2.15. The summed E-state index contributed by atoms with van der Waals surface area (Å²) in [6.45, 7) is 6.70. The van der Waals surface area contributed by atoms with E-state index < -0.39 is 0 Å². The lowest BCUT2D eigenvalue weighted by atomic mass is 10.2. The smallest absolute Gasteiger partial charge is 0.260 e. The first-order chi connectivity index (χ1) is 8.40. The summed E-state index contributed by atoms with van der Waals surface area (Å²) in [7, 11) is 0. The van der Waals surface area contributed by atoms with Gasteiger partial charge in [0.15, 0.2) is 5.82 Å². The summed E-state index contributed by atoms with van der Waals surface area (Å²) in [6.07, 6.45) is 0. The van der Waals surface area contributed by atoms with Gasteiger partial charge in [-0.25, -0.2) is 4.98 Å². The first-order valence-electron chi connectivity index (χ1n) is 5.16. The Labute approximate surface area is 107 Å². The fourth-order valence-corrected chi connectivity index (χ4v) is 2.70. The van der Waals surface area contributed by atoms with Gasteiger partial charge in [-0.3, -0.25) is 9.59 Å². The standard InChI is InChI=1S/C11H12N4O2S/c1-4-7-9(17)14-8(5(2)12)15-11(7)18-10(4)13-6(3)16/h2,12H2,1,3H3,(H,13,16)(H,14,15,17). The molecular weight excluding hydrogens is 252 g/mol. The summed E-state index contributed by atoms with van der Waals surface area (Å²) in [5.74, 6) is 0.0627. The van der Waals surface area contributed by atoms with E-state index in [-0.39, 0.29) is 23.0 Å². The van der Waals surface area contributed by atoms with E-state index in [0.29, 0.717) is 20.8 Å². The lowest BCUT2D eigenvalue weighted by Crippen LogP contribution is -2.13. The van der Waals surface area contributed by atoms with E-state index in [1.807, 2.05) is 0 Å². The number of carbonyl (C=O) groups excluding carboxylic acids is 1. The number of rotatable bonds is 2. The average molecular weight is 264 g/mol. The van der Waals surface area contributed by atoms with Crippen molar-refractivity contribution in [1.29, 1.82) is 0 Å². The van der Waals surface area contributed by atoms with Crippen molar-refractivity contribution in [3.05, 3.63) is 28.3 Å². The van der Waals surface area contributed by atoms with Crippen molar-refractivity contribution in [2.75, 3.05) is 5.32 Å². The summed E-state index contributed by atoms with van der Waals surface area (Å²) >= 11 is 1.24. The zero-order valence-corrected chi connectivity index (χ0v) is 10.8. The Balaban J connectivity index is 2.72. The predicted molar refractivity (Wildman–Crippen MR) is 72.5 cm³/mol. The number of thiophene rings is 1. The molecule has 2 rings (SSSR count). The van der Waals surface area contributed by atoms with Crippen LogP contribution in [0.2, 0.25) is 0 Å². The van der Waals surface area contributed by atoms with Gasteiger partial charge in [0, 0.05) is 6.92 Å². The van der Waals surface area contributed by atoms with Gasteiger partial charge in [0.05, 0.1) is 11.1 Å². The van der Waals surface area contributed by atoms with Crippen molar-refractivity contribution >= 4 is 38.2 Å². The van der Waals surface area contributed by atoms with Crippen LogP contribution >= 0.6 is 11.3 Å². The second-order valence-electron chi connectivity index (χ2n) is 3.86. The molecule has 2 aromatic rings. The van der Waals surface area contributed by atoms with Gasteiger partial charge >= 0.3 is 0 Å². The molecular formula is C11H12N4O2S. The number of nitrogens with one attached hydrogen (secondary N) is 2. The fraction of sp³-hybridized carbons (Fsp3) is 0.182. The van der Waals surface area contributed by atoms with Crippen molar-refractivity contribution in [3.63, 3.8) is 0 Å². The van der Waals surface area contributed by atoms with Crippen LogP contribution in [-0.2, 0) is 4.79 Å². The van der Waals surface area contributed by atoms with E-state index in [1.165, 1.54) is 18.3 Å². The van der Waals surface area contributed by atoms with Gasteiger partial charge in [-0.05, 0) is 12.5 Å². The molecule has 94 valence electrons. The van der Waals surface area contributed by atoms with Gasteiger partial charge in [0.2, 0.25) is 5.91 Å². The predicted octanol–water partition coefficient (Wildman–Crippen LogP) is 1.18. The number of nitrogens with two attached hydrogens (primary N) is 1. The van der Waals surface area contributed by atoms with E-state index in [2.05, 4.69) is 21.9 Å². The molecule has 0 aliphatic heterocycles. The Hall–Kier alpha value is -2.15. The monoisotopic (exact) mass is 264 g/mol. The molecule has 4 N–H and O–H groups in total. The summed E-state index contributed by atoms with van der Waals surface area (Å²) in [4.78, 5) is 30.3. The van der Waals surface area contributed by atoms with E-state index >= 15 is 0 Å². The van der Waals surface area contributed by atoms with Crippen molar-refractivity contribution < 1.29 is 4.79 Å². The third-order valence-corrected chi connectivity index (χ3v) is 3.50. The number of carbonyl (C=O) groups is 1. The minimum absolute atomic E-state index is 0.190. The van der Waals surface area contributed by atoms with Crippen LogP contribution in [0.4, 0.5) is 5.00 Å². The number of fused-ring (bicyclic) bond motifs is 1. The van der Waals surface area contributed by atoms with Crippen molar-refractivity contribution in [1.82, 2.24) is 9.97 Å². The molecule has 0 spiro atoms. The number of hydrogen-bond acceptors (Lipinski definition) is 5. The first kappa shape index (κ1) is 12.3. The third kappa shape index (κ3) is 2.00. The number of aromatic nitrogens is 2. The number of aromatic amines is 1. The van der Waals surface area contributed by atoms with Gasteiger partial charge in [-0.2, -0.15) is 0 Å². The molecule has 18 heavy (non-hydrogen) atoms. The quantitative estimate of drug-likeness (QED) is 0.758. The highest BCUT2D eigenvalue weighted by atomic mass is 32.1. The van der Waals surface area contributed by atoms with E-state index in [1.54, 1.807) is 6.92 Å². The molecule has 2 heterocycles. The fourth-order valence-electron chi connectivity index (χ4n) is 1.58. The SMILES string of the molecule is C=C(N)c1nc2sc(NC(C)=O)c(C)c2c(=O)[nH]1. The zero-order valence-electron chi connectivity index (χ0n) is 9.96. The summed E-state index contributed by atoms with van der Waals surface area (Å²) < 4.78 is 0. The number of aryl methyl sites for hydroxylation is 1. The van der Waals surface area contributed by atoms with Gasteiger partial charge in [-0.1, -0.05) is 17.9 Å². The molecule has 0 aliphatic carbocycles. The van der Waals surface area contributed by atoms with E-state index in [0.717, 1.165) is 0 Å². The maximum absolute atomic E-state index is 11.9. The maximum atomic E-state index is 11.9. The van der Waals surface area contributed by atoms with Crippen molar-refractivity contribution in [2.24, 2.45) is 5.73 Å². The van der Waals surface area contributed by atoms with Gasteiger partial charge < -0.3 is 16.0 Å². The molecule has 0 aromatic carbocycles. The van der Waals surface area contributed by atoms with E-state index in [4.69, 9.17) is 5.73 Å². The summed E-state index contributed by atoms with van der Waals surface area (Å²) in [5, 5.41) is 3.76. The molecule has 0 fully saturated rings. The number of H-pyrrole nitrogens is 1. The Morgan fingerprint density at radius 2 is 2.22 bits per heavy atom. The molecule has 0 aliphatic rings. The molecule has 0 atom stereocenters. The second-order valence-corrected chi connectivity index (χ2v) is 4.86. The normalized spacial score (nSPS) is 10.6. The molecule has 0 unspecified atom stereocenters. The molecule has 0 bridgehead atoms. The molecule has 0 saturated carbocycles. The zero-order chi connectivity index (χ0) is 13.4. The largest absolute Gasteiger partial charge is 0.396 e. The van der Waals surface area contributed by atoms with Crippen LogP contribution in [0, 0.1) is 6.92 Å². The Bertz CT molecular complexity index is 714. The molecule has 2 aromatic heterocycles. The highest BCUT2D eigenvalue weighted by Crippen LogP contribution is 2.31. The van der Waals surface area contributed by atoms with Crippen LogP contribution in [0.3, 0.4) is 0 Å². The second kappa shape index (κ2) is 4.26. The maximum Gasteiger partial charge on any atom is 0.260 e. The van der Waals surface area contributed by atoms with Crippen LogP contribution < -0.4 is 16.6 Å². The lowest BCUT2D eigenvalue weighted by Gasteiger charge is -1.98. The molecule has 0 radical (unpaired) electrons. The van der Waals surface area contributed by atoms with Gasteiger partial charge in [-0.15, -0.1) is 0 Å². The number of hydrogen-bond donors (Lipinski definition) is 3. The number of anilines is 1. The molecule has 1 amide bonds. The summed E-state index contributed by atoms with van der Waals surface area (Å²) in [6, 6.07) is 0. The minimum atomic E-state index is -0.285. The third-order valence-electron chi connectivity index (χ3n) is 2.39. The van der Waals surface area contributed by atoms with Crippen LogP contribution in [0.15, 0.2) is 11.4 Å². The summed E-state index contributed by atoms with van der Waals surface area (Å²) in [5.41, 5.74) is 6.12. The van der Waals surface area contributed by atoms with Crippen LogP contribution in [-0.4, -0.2) is 15.9 Å².